The second-order valence-corrected chi connectivity index (χ2v) is 4.62. The van der Waals surface area contributed by atoms with Crippen LogP contribution in [0.1, 0.15) is 27.7 Å². The number of rotatable bonds is 3. The fourth-order valence-corrected chi connectivity index (χ4v) is 1.90. The minimum absolute atomic E-state index is 0.0293. The largest absolute Gasteiger partial charge is 0.465 e. The molecule has 0 bridgehead atoms. The zero-order valence-corrected chi connectivity index (χ0v) is 9.49. The van der Waals surface area contributed by atoms with E-state index in [2.05, 4.69) is 39.8 Å². The molecule has 14 heavy (non-hydrogen) atoms. The molecular formula is C12H20O2. The first kappa shape index (κ1) is 11.3. The Hall–Kier alpha value is -0.790. The minimum Gasteiger partial charge on any atom is -0.465 e. The summed E-state index contributed by atoms with van der Waals surface area (Å²) < 4.78 is 5.03. The Morgan fingerprint density at radius 3 is 2.43 bits per heavy atom. The van der Waals surface area contributed by atoms with Gasteiger partial charge in [-0.25, -0.2) is 0 Å². The number of carbonyl (C=O) groups excluding carboxylic acids is 1. The molecule has 0 aliphatic carbocycles. The van der Waals surface area contributed by atoms with Gasteiger partial charge in [-0.3, -0.25) is 4.79 Å². The van der Waals surface area contributed by atoms with Gasteiger partial charge >= 0.3 is 5.97 Å². The lowest BCUT2D eigenvalue weighted by atomic mass is 9.85. The van der Waals surface area contributed by atoms with Crippen LogP contribution in [-0.4, -0.2) is 12.6 Å². The van der Waals surface area contributed by atoms with Crippen LogP contribution in [0.4, 0.5) is 0 Å². The van der Waals surface area contributed by atoms with Crippen LogP contribution < -0.4 is 0 Å². The van der Waals surface area contributed by atoms with Crippen LogP contribution in [0.25, 0.3) is 0 Å². The molecule has 1 heterocycles. The van der Waals surface area contributed by atoms with E-state index in [4.69, 9.17) is 4.74 Å². The Bertz CT molecular complexity index is 230. The monoisotopic (exact) mass is 196 g/mol. The Labute approximate surface area is 86.3 Å². The van der Waals surface area contributed by atoms with Gasteiger partial charge in [0.25, 0.3) is 0 Å². The van der Waals surface area contributed by atoms with Gasteiger partial charge in [-0.05, 0) is 11.8 Å². The third kappa shape index (κ3) is 2.60. The summed E-state index contributed by atoms with van der Waals surface area (Å²) in [6.07, 6.45) is 4.29. The third-order valence-electron chi connectivity index (χ3n) is 2.74. The van der Waals surface area contributed by atoms with E-state index in [0.717, 1.165) is 0 Å². The van der Waals surface area contributed by atoms with Gasteiger partial charge in [0.1, 0.15) is 0 Å². The molecule has 3 atom stereocenters. The fraction of sp³-hybridized carbons (Fsp3) is 0.750. The quantitative estimate of drug-likeness (QED) is 0.512. The standard InChI is InChI=1S/C12H20O2/c1-8(2)5-6-9(3)11-10(4)7-14-12(11)13/h5-6,8-11H,7H2,1-4H3/b6-5+/t9-,10-,11+/m0/s1. The van der Waals surface area contributed by atoms with Crippen molar-refractivity contribution >= 4 is 5.97 Å². The molecule has 0 saturated carbocycles. The maximum atomic E-state index is 11.4. The van der Waals surface area contributed by atoms with E-state index in [1.165, 1.54) is 0 Å². The van der Waals surface area contributed by atoms with Gasteiger partial charge in [-0.1, -0.05) is 39.8 Å². The van der Waals surface area contributed by atoms with Gasteiger partial charge in [0, 0.05) is 5.92 Å². The Kier molecular flexibility index (Phi) is 3.73. The molecule has 1 aliphatic heterocycles. The van der Waals surface area contributed by atoms with Crippen molar-refractivity contribution in [1.82, 2.24) is 0 Å². The zero-order chi connectivity index (χ0) is 10.7. The molecule has 2 heteroatoms. The molecule has 0 aromatic heterocycles. The number of allylic oxidation sites excluding steroid dienone is 2. The van der Waals surface area contributed by atoms with Crippen molar-refractivity contribution in [3.8, 4) is 0 Å². The Morgan fingerprint density at radius 2 is 2.00 bits per heavy atom. The maximum Gasteiger partial charge on any atom is 0.309 e. The molecule has 0 spiro atoms. The summed E-state index contributed by atoms with van der Waals surface area (Å²) in [5.41, 5.74) is 0. The predicted octanol–water partition coefficient (Wildman–Crippen LogP) is 2.64. The number of esters is 1. The lowest BCUT2D eigenvalue weighted by Crippen LogP contribution is -2.20. The van der Waals surface area contributed by atoms with Crippen LogP contribution in [-0.2, 0) is 9.53 Å². The highest BCUT2D eigenvalue weighted by Gasteiger charge is 2.36. The molecule has 2 nitrogen and oxygen atoms in total. The van der Waals surface area contributed by atoms with E-state index in [-0.39, 0.29) is 11.9 Å². The van der Waals surface area contributed by atoms with Gasteiger partial charge in [-0.15, -0.1) is 0 Å². The van der Waals surface area contributed by atoms with Crippen molar-refractivity contribution in [2.45, 2.75) is 27.7 Å². The third-order valence-corrected chi connectivity index (χ3v) is 2.74. The van der Waals surface area contributed by atoms with E-state index < -0.39 is 0 Å². The number of carbonyl (C=O) groups is 1. The first-order valence-corrected chi connectivity index (χ1v) is 5.37. The SMILES string of the molecule is CC(C)/C=C/[C@H](C)[C@H]1C(=O)OC[C@@H]1C. The Balaban J connectivity index is 2.59. The molecule has 80 valence electrons. The topological polar surface area (TPSA) is 26.3 Å². The van der Waals surface area contributed by atoms with Crippen molar-refractivity contribution in [3.63, 3.8) is 0 Å². The van der Waals surface area contributed by atoms with Gasteiger partial charge in [0.2, 0.25) is 0 Å². The van der Waals surface area contributed by atoms with Crippen LogP contribution in [0, 0.1) is 23.7 Å². The van der Waals surface area contributed by atoms with Crippen molar-refractivity contribution in [2.75, 3.05) is 6.61 Å². The van der Waals surface area contributed by atoms with E-state index >= 15 is 0 Å². The Morgan fingerprint density at radius 1 is 1.36 bits per heavy atom. The molecule has 1 aliphatic rings. The van der Waals surface area contributed by atoms with Crippen molar-refractivity contribution in [3.05, 3.63) is 12.2 Å². The molecule has 1 fully saturated rings. The van der Waals surface area contributed by atoms with Crippen LogP contribution in [0.3, 0.4) is 0 Å². The van der Waals surface area contributed by atoms with Gasteiger partial charge in [0.05, 0.1) is 12.5 Å². The first-order chi connectivity index (χ1) is 6.52. The molecule has 1 rings (SSSR count). The highest BCUT2D eigenvalue weighted by Crippen LogP contribution is 2.29. The summed E-state index contributed by atoms with van der Waals surface area (Å²) in [5.74, 6) is 1.23. The van der Waals surface area contributed by atoms with Crippen LogP contribution in [0.5, 0.6) is 0 Å². The molecule has 1 saturated heterocycles. The van der Waals surface area contributed by atoms with E-state index in [1.54, 1.807) is 0 Å². The number of hydrogen-bond acceptors (Lipinski definition) is 2. The van der Waals surface area contributed by atoms with Crippen LogP contribution in [0.15, 0.2) is 12.2 Å². The summed E-state index contributed by atoms with van der Waals surface area (Å²) in [4.78, 5) is 11.4. The highest BCUT2D eigenvalue weighted by molar-refractivity contribution is 5.75. The molecule has 0 N–H and O–H groups in total. The summed E-state index contributed by atoms with van der Waals surface area (Å²) in [5, 5.41) is 0. The number of ether oxygens (including phenoxy) is 1. The summed E-state index contributed by atoms with van der Waals surface area (Å²) in [6, 6.07) is 0. The fourth-order valence-electron chi connectivity index (χ4n) is 1.90. The molecule has 0 radical (unpaired) electrons. The second-order valence-electron chi connectivity index (χ2n) is 4.62. The average molecular weight is 196 g/mol. The maximum absolute atomic E-state index is 11.4. The van der Waals surface area contributed by atoms with E-state index in [1.807, 2.05) is 0 Å². The summed E-state index contributed by atoms with van der Waals surface area (Å²) in [6.45, 7) is 9.03. The van der Waals surface area contributed by atoms with Crippen molar-refractivity contribution in [2.24, 2.45) is 23.7 Å². The molecule has 0 aromatic rings. The zero-order valence-electron chi connectivity index (χ0n) is 9.49. The van der Waals surface area contributed by atoms with Gasteiger partial charge < -0.3 is 4.74 Å². The lowest BCUT2D eigenvalue weighted by molar-refractivity contribution is -0.142. The average Bonchev–Trinajstić information content (AvgIpc) is 2.42. The van der Waals surface area contributed by atoms with Gasteiger partial charge in [0.15, 0.2) is 0 Å². The van der Waals surface area contributed by atoms with Crippen LogP contribution in [0.2, 0.25) is 0 Å². The highest BCUT2D eigenvalue weighted by atomic mass is 16.5. The molecule has 0 aromatic carbocycles. The van der Waals surface area contributed by atoms with Crippen LogP contribution >= 0.6 is 0 Å². The van der Waals surface area contributed by atoms with E-state index in [9.17, 15) is 4.79 Å². The minimum atomic E-state index is -0.0293. The number of cyclic esters (lactones) is 1. The summed E-state index contributed by atoms with van der Waals surface area (Å²) in [7, 11) is 0. The molecule has 0 unspecified atom stereocenters. The van der Waals surface area contributed by atoms with Crippen molar-refractivity contribution < 1.29 is 9.53 Å². The summed E-state index contributed by atoms with van der Waals surface area (Å²) >= 11 is 0. The second kappa shape index (κ2) is 4.63. The molecular weight excluding hydrogens is 176 g/mol. The lowest BCUT2D eigenvalue weighted by Gasteiger charge is -2.15. The first-order valence-electron chi connectivity index (χ1n) is 5.37. The van der Waals surface area contributed by atoms with Gasteiger partial charge in [-0.2, -0.15) is 0 Å². The van der Waals surface area contributed by atoms with E-state index in [0.29, 0.717) is 24.4 Å². The van der Waals surface area contributed by atoms with Crippen molar-refractivity contribution in [1.29, 1.82) is 0 Å². The normalized spacial score (nSPS) is 29.9. The smallest absolute Gasteiger partial charge is 0.309 e. The molecule has 0 amide bonds. The predicted molar refractivity (Wildman–Crippen MR) is 56.8 cm³/mol. The number of hydrogen-bond donors (Lipinski definition) is 0.